The van der Waals surface area contributed by atoms with Gasteiger partial charge in [0.25, 0.3) is 0 Å². The largest absolute Gasteiger partial charge is 0.309 e. The second-order valence-electron chi connectivity index (χ2n) is 19.1. The Bertz CT molecular complexity index is 4240. The number of nitrogens with zero attached hydrogens (tertiary/aromatic N) is 3. The molecule has 12 aromatic carbocycles. The number of hydrogen-bond donors (Lipinski definition) is 0. The smallest absolute Gasteiger partial charge is 0.0934 e. The van der Waals surface area contributed by atoms with E-state index in [-0.39, 0.29) is 0 Å². The van der Waals surface area contributed by atoms with Gasteiger partial charge in [-0.15, -0.1) is 0 Å². The molecular formula is C71H47N3. The van der Waals surface area contributed by atoms with Gasteiger partial charge in [-0.3, -0.25) is 0 Å². The summed E-state index contributed by atoms with van der Waals surface area (Å²) >= 11 is 0. The molecule has 346 valence electrons. The second kappa shape index (κ2) is 18.1. The average Bonchev–Trinajstić information content (AvgIpc) is 4.08. The maximum atomic E-state index is 5.15. The SMILES string of the molecule is c1ccc(-c2cc(-c3ccccc3)n(-c3ccc(-c4ccccc4-c4ccccc4-c4ccc(-n5c6ccc(-c7cccc8ccccc78)cc6c6cc(-c7cccc8ccccc78)ccc65)cc4)cc3)n2)cc1. The molecule has 0 amide bonds. The van der Waals surface area contributed by atoms with Gasteiger partial charge < -0.3 is 4.57 Å². The van der Waals surface area contributed by atoms with Crippen LogP contribution in [0.25, 0.3) is 133 Å². The number of aromatic nitrogens is 3. The van der Waals surface area contributed by atoms with E-state index in [0.29, 0.717) is 0 Å². The molecule has 0 aliphatic heterocycles. The lowest BCUT2D eigenvalue weighted by atomic mass is 9.89. The minimum Gasteiger partial charge on any atom is -0.309 e. The van der Waals surface area contributed by atoms with Gasteiger partial charge in [0.15, 0.2) is 0 Å². The zero-order valence-electron chi connectivity index (χ0n) is 40.5. The van der Waals surface area contributed by atoms with Crippen molar-refractivity contribution in [1.29, 1.82) is 0 Å². The first-order valence-corrected chi connectivity index (χ1v) is 25.4. The summed E-state index contributed by atoms with van der Waals surface area (Å²) in [7, 11) is 0. The lowest BCUT2D eigenvalue weighted by Gasteiger charge is -2.16. The van der Waals surface area contributed by atoms with Crippen LogP contribution >= 0.6 is 0 Å². The first-order chi connectivity index (χ1) is 36.7. The number of fused-ring (bicyclic) bond motifs is 5. The van der Waals surface area contributed by atoms with Crippen molar-refractivity contribution in [1.82, 2.24) is 14.3 Å². The molecule has 74 heavy (non-hydrogen) atoms. The Hall–Kier alpha value is -9.83. The molecular weight excluding hydrogens is 895 g/mol. The van der Waals surface area contributed by atoms with Crippen molar-refractivity contribution in [3.8, 4) is 89.5 Å². The van der Waals surface area contributed by atoms with Crippen molar-refractivity contribution < 1.29 is 0 Å². The van der Waals surface area contributed by atoms with Gasteiger partial charge in [-0.25, -0.2) is 4.68 Å². The molecule has 0 atom stereocenters. The van der Waals surface area contributed by atoms with E-state index < -0.39 is 0 Å². The van der Waals surface area contributed by atoms with Crippen LogP contribution < -0.4 is 0 Å². The monoisotopic (exact) mass is 941 g/mol. The summed E-state index contributed by atoms with van der Waals surface area (Å²) in [6.45, 7) is 0. The van der Waals surface area contributed by atoms with Gasteiger partial charge in [-0.05, 0) is 132 Å². The second-order valence-corrected chi connectivity index (χ2v) is 19.1. The molecule has 3 heteroatoms. The number of rotatable bonds is 9. The molecule has 3 nitrogen and oxygen atoms in total. The molecule has 0 saturated carbocycles. The fourth-order valence-corrected chi connectivity index (χ4v) is 11.2. The summed E-state index contributed by atoms with van der Waals surface area (Å²) in [5.41, 5.74) is 20.6. The summed E-state index contributed by atoms with van der Waals surface area (Å²) in [6, 6.07) is 103. The fraction of sp³-hybridized carbons (Fsp3) is 0. The highest BCUT2D eigenvalue weighted by atomic mass is 15.3. The molecule has 14 rings (SSSR count). The van der Waals surface area contributed by atoms with E-state index in [2.05, 4.69) is 288 Å². The summed E-state index contributed by atoms with van der Waals surface area (Å²) in [5, 5.41) is 12.6. The van der Waals surface area contributed by atoms with E-state index in [4.69, 9.17) is 5.10 Å². The summed E-state index contributed by atoms with van der Waals surface area (Å²) in [5.74, 6) is 0. The van der Waals surface area contributed by atoms with Gasteiger partial charge in [0, 0.05) is 27.6 Å². The topological polar surface area (TPSA) is 22.8 Å². The molecule has 14 aromatic rings. The van der Waals surface area contributed by atoms with E-state index in [1.165, 1.54) is 87.9 Å². The Kier molecular flexibility index (Phi) is 10.5. The first-order valence-electron chi connectivity index (χ1n) is 25.4. The lowest BCUT2D eigenvalue weighted by Crippen LogP contribution is -1.99. The van der Waals surface area contributed by atoms with Crippen LogP contribution in [0.5, 0.6) is 0 Å². The predicted octanol–water partition coefficient (Wildman–Crippen LogP) is 18.9. The molecule has 2 heterocycles. The van der Waals surface area contributed by atoms with Gasteiger partial charge in [-0.2, -0.15) is 5.10 Å². The Labute approximate surface area is 430 Å². The van der Waals surface area contributed by atoms with Crippen LogP contribution in [0.2, 0.25) is 0 Å². The standard InChI is InChI=1S/C71H47N3/c1-3-19-52(20-4-1)68-47-71(53-21-5-2-6-22-53)74(72-68)57-41-35-51(36-42-57)61-28-12-14-30-65(61)64-29-13-11-27-60(64)50-33-39-56(40-34-50)73-69-43-37-54(62-31-15-23-48-17-7-9-25-58(48)62)45-66(69)67-46-55(38-44-70(67)73)63-32-16-24-49-18-8-10-26-59(49)63/h1-47H. The quantitative estimate of drug-likeness (QED) is 0.141. The van der Waals surface area contributed by atoms with E-state index in [0.717, 1.165) is 45.0 Å². The molecule has 0 aliphatic carbocycles. The molecule has 0 fully saturated rings. The first kappa shape index (κ1) is 43.0. The third-order valence-corrected chi connectivity index (χ3v) is 14.8. The highest BCUT2D eigenvalue weighted by Gasteiger charge is 2.19. The van der Waals surface area contributed by atoms with Crippen molar-refractivity contribution in [2.24, 2.45) is 0 Å². The van der Waals surface area contributed by atoms with Gasteiger partial charge in [0.2, 0.25) is 0 Å². The maximum absolute atomic E-state index is 5.15. The summed E-state index contributed by atoms with van der Waals surface area (Å²) in [6.07, 6.45) is 0. The van der Waals surface area contributed by atoms with Crippen molar-refractivity contribution in [2.45, 2.75) is 0 Å². The van der Waals surface area contributed by atoms with Crippen LogP contribution in [0, 0.1) is 0 Å². The van der Waals surface area contributed by atoms with Crippen LogP contribution in [0.15, 0.2) is 285 Å². The maximum Gasteiger partial charge on any atom is 0.0934 e. The van der Waals surface area contributed by atoms with E-state index in [1.807, 2.05) is 6.07 Å². The van der Waals surface area contributed by atoms with Gasteiger partial charge in [-0.1, -0.05) is 231 Å². The highest BCUT2D eigenvalue weighted by Crippen LogP contribution is 2.42. The van der Waals surface area contributed by atoms with E-state index >= 15 is 0 Å². The van der Waals surface area contributed by atoms with Gasteiger partial charge >= 0.3 is 0 Å². The number of benzene rings is 12. The van der Waals surface area contributed by atoms with Crippen molar-refractivity contribution in [3.63, 3.8) is 0 Å². The van der Waals surface area contributed by atoms with Gasteiger partial charge in [0.05, 0.1) is 28.1 Å². The summed E-state index contributed by atoms with van der Waals surface area (Å²) in [4.78, 5) is 0. The van der Waals surface area contributed by atoms with Crippen LogP contribution in [-0.4, -0.2) is 14.3 Å². The predicted molar refractivity (Wildman–Crippen MR) is 311 cm³/mol. The zero-order valence-corrected chi connectivity index (χ0v) is 40.5. The molecule has 0 aliphatic rings. The molecule has 0 radical (unpaired) electrons. The van der Waals surface area contributed by atoms with Crippen molar-refractivity contribution in [2.75, 3.05) is 0 Å². The zero-order chi connectivity index (χ0) is 49.0. The molecule has 0 saturated heterocycles. The Morgan fingerprint density at radius 3 is 1.18 bits per heavy atom. The van der Waals surface area contributed by atoms with Crippen LogP contribution in [0.3, 0.4) is 0 Å². The van der Waals surface area contributed by atoms with Crippen LogP contribution in [0.1, 0.15) is 0 Å². The molecule has 0 spiro atoms. The third kappa shape index (κ3) is 7.50. The number of hydrogen-bond acceptors (Lipinski definition) is 1. The Balaban J connectivity index is 0.844. The Morgan fingerprint density at radius 1 is 0.243 bits per heavy atom. The van der Waals surface area contributed by atoms with Crippen molar-refractivity contribution >= 4 is 43.4 Å². The fourth-order valence-electron chi connectivity index (χ4n) is 11.2. The Morgan fingerprint density at radius 2 is 0.649 bits per heavy atom. The minimum absolute atomic E-state index is 0.941. The average molecular weight is 942 g/mol. The molecule has 0 N–H and O–H groups in total. The highest BCUT2D eigenvalue weighted by molar-refractivity contribution is 6.13. The molecule has 0 bridgehead atoms. The van der Waals surface area contributed by atoms with Gasteiger partial charge in [0.1, 0.15) is 0 Å². The minimum atomic E-state index is 0.941. The van der Waals surface area contributed by atoms with E-state index in [1.54, 1.807) is 0 Å². The van der Waals surface area contributed by atoms with Crippen LogP contribution in [0.4, 0.5) is 0 Å². The third-order valence-electron chi connectivity index (χ3n) is 14.8. The molecule has 2 aromatic heterocycles. The van der Waals surface area contributed by atoms with E-state index in [9.17, 15) is 0 Å². The lowest BCUT2D eigenvalue weighted by molar-refractivity contribution is 0.892. The summed E-state index contributed by atoms with van der Waals surface area (Å²) < 4.78 is 4.51. The van der Waals surface area contributed by atoms with Crippen molar-refractivity contribution in [3.05, 3.63) is 285 Å². The normalized spacial score (nSPS) is 11.5. The van der Waals surface area contributed by atoms with Crippen LogP contribution in [-0.2, 0) is 0 Å². The molecule has 0 unspecified atom stereocenters.